The molecule has 0 aromatic carbocycles. The molecule has 1 amide bonds. The van der Waals surface area contributed by atoms with Gasteiger partial charge in [0.1, 0.15) is 0 Å². The third-order valence-electron chi connectivity index (χ3n) is 2.94. The van der Waals surface area contributed by atoms with Crippen LogP contribution in [0.5, 0.6) is 0 Å². The lowest BCUT2D eigenvalue weighted by atomic mass is 9.85. The van der Waals surface area contributed by atoms with Gasteiger partial charge in [-0.1, -0.05) is 0 Å². The van der Waals surface area contributed by atoms with Crippen molar-refractivity contribution < 1.29 is 4.79 Å². The minimum Gasteiger partial charge on any atom is -0.369 e. The van der Waals surface area contributed by atoms with Gasteiger partial charge in [-0.25, -0.2) is 0 Å². The first-order valence-electron chi connectivity index (χ1n) is 5.46. The third kappa shape index (κ3) is 3.64. The number of nitrogens with one attached hydrogen (secondary N) is 1. The van der Waals surface area contributed by atoms with Gasteiger partial charge in [-0.2, -0.15) is 0 Å². The molecule has 14 heavy (non-hydrogen) atoms. The molecular weight excluding hydrogens is 178 g/mol. The minimum absolute atomic E-state index is 0.113. The topological polar surface area (TPSA) is 81.1 Å². The van der Waals surface area contributed by atoms with Crippen molar-refractivity contribution in [2.45, 2.75) is 38.1 Å². The second-order valence-electron chi connectivity index (χ2n) is 4.05. The maximum Gasteiger partial charge on any atom is 0.220 e. The highest BCUT2D eigenvalue weighted by Crippen LogP contribution is 2.23. The SMILES string of the molecule is NCCCNC1CCC(C(N)=O)CC1. The van der Waals surface area contributed by atoms with Crippen molar-refractivity contribution in [2.24, 2.45) is 17.4 Å². The van der Waals surface area contributed by atoms with Crippen LogP contribution in [0.2, 0.25) is 0 Å². The Morgan fingerprint density at radius 3 is 2.43 bits per heavy atom. The monoisotopic (exact) mass is 199 g/mol. The van der Waals surface area contributed by atoms with E-state index in [4.69, 9.17) is 11.5 Å². The summed E-state index contributed by atoms with van der Waals surface area (Å²) < 4.78 is 0. The van der Waals surface area contributed by atoms with E-state index in [0.29, 0.717) is 6.04 Å². The summed E-state index contributed by atoms with van der Waals surface area (Å²) in [5.41, 5.74) is 10.7. The standard InChI is InChI=1S/C10H21N3O/c11-6-1-7-13-9-4-2-8(3-5-9)10(12)14/h8-9,13H,1-7,11H2,(H2,12,14). The Labute approximate surface area is 85.4 Å². The molecule has 0 aliphatic heterocycles. The summed E-state index contributed by atoms with van der Waals surface area (Å²) in [6.45, 7) is 1.73. The van der Waals surface area contributed by atoms with Crippen LogP contribution in [0.4, 0.5) is 0 Å². The quantitative estimate of drug-likeness (QED) is 0.544. The fourth-order valence-electron chi connectivity index (χ4n) is 1.99. The fourth-order valence-corrected chi connectivity index (χ4v) is 1.99. The van der Waals surface area contributed by atoms with Crippen LogP contribution in [0.1, 0.15) is 32.1 Å². The van der Waals surface area contributed by atoms with Crippen LogP contribution in [-0.4, -0.2) is 25.0 Å². The van der Waals surface area contributed by atoms with E-state index in [1.807, 2.05) is 0 Å². The molecule has 1 aliphatic rings. The van der Waals surface area contributed by atoms with E-state index >= 15 is 0 Å². The molecule has 1 rings (SSSR count). The Morgan fingerprint density at radius 2 is 1.93 bits per heavy atom. The van der Waals surface area contributed by atoms with Gasteiger partial charge >= 0.3 is 0 Å². The molecule has 0 spiro atoms. The van der Waals surface area contributed by atoms with Crippen molar-refractivity contribution in [3.8, 4) is 0 Å². The molecule has 0 radical (unpaired) electrons. The molecule has 1 saturated carbocycles. The zero-order chi connectivity index (χ0) is 10.4. The summed E-state index contributed by atoms with van der Waals surface area (Å²) in [7, 11) is 0. The second kappa shape index (κ2) is 5.98. The lowest BCUT2D eigenvalue weighted by Crippen LogP contribution is -2.37. The Kier molecular flexibility index (Phi) is 4.90. The van der Waals surface area contributed by atoms with Crippen LogP contribution in [0.3, 0.4) is 0 Å². The first kappa shape index (κ1) is 11.5. The second-order valence-corrected chi connectivity index (χ2v) is 4.05. The molecule has 0 aromatic rings. The number of nitrogens with two attached hydrogens (primary N) is 2. The minimum atomic E-state index is -0.134. The van der Waals surface area contributed by atoms with Gasteiger partial charge in [0.15, 0.2) is 0 Å². The maximum atomic E-state index is 10.9. The summed E-state index contributed by atoms with van der Waals surface area (Å²) in [6, 6.07) is 0.567. The van der Waals surface area contributed by atoms with Gasteiger partial charge in [-0.05, 0) is 45.2 Å². The van der Waals surface area contributed by atoms with E-state index in [2.05, 4.69) is 5.32 Å². The molecular formula is C10H21N3O. The highest BCUT2D eigenvalue weighted by atomic mass is 16.1. The Bertz CT molecular complexity index is 176. The van der Waals surface area contributed by atoms with Crippen molar-refractivity contribution >= 4 is 5.91 Å². The predicted molar refractivity (Wildman–Crippen MR) is 56.6 cm³/mol. The van der Waals surface area contributed by atoms with Crippen molar-refractivity contribution in [3.63, 3.8) is 0 Å². The van der Waals surface area contributed by atoms with Crippen LogP contribution in [0.15, 0.2) is 0 Å². The number of hydrogen-bond acceptors (Lipinski definition) is 3. The van der Waals surface area contributed by atoms with Crippen molar-refractivity contribution in [1.82, 2.24) is 5.32 Å². The van der Waals surface area contributed by atoms with Crippen LogP contribution in [0.25, 0.3) is 0 Å². The Morgan fingerprint density at radius 1 is 1.29 bits per heavy atom. The van der Waals surface area contributed by atoms with Crippen molar-refractivity contribution in [3.05, 3.63) is 0 Å². The highest BCUT2D eigenvalue weighted by Gasteiger charge is 2.23. The molecule has 0 atom stereocenters. The zero-order valence-electron chi connectivity index (χ0n) is 8.67. The smallest absolute Gasteiger partial charge is 0.220 e. The molecule has 82 valence electrons. The normalized spacial score (nSPS) is 27.5. The van der Waals surface area contributed by atoms with Crippen LogP contribution in [-0.2, 0) is 4.79 Å². The average Bonchev–Trinajstić information content (AvgIpc) is 2.19. The average molecular weight is 199 g/mol. The fraction of sp³-hybridized carbons (Fsp3) is 0.900. The van der Waals surface area contributed by atoms with Crippen molar-refractivity contribution in [1.29, 1.82) is 0 Å². The summed E-state index contributed by atoms with van der Waals surface area (Å²) in [6.07, 6.45) is 5.04. The number of hydrogen-bond donors (Lipinski definition) is 3. The molecule has 0 heterocycles. The zero-order valence-corrected chi connectivity index (χ0v) is 8.67. The first-order chi connectivity index (χ1) is 6.74. The number of rotatable bonds is 5. The molecule has 4 nitrogen and oxygen atoms in total. The number of amides is 1. The highest BCUT2D eigenvalue weighted by molar-refractivity contribution is 5.76. The van der Waals surface area contributed by atoms with Crippen LogP contribution in [0, 0.1) is 5.92 Å². The van der Waals surface area contributed by atoms with Gasteiger partial charge < -0.3 is 16.8 Å². The molecule has 4 heteroatoms. The van der Waals surface area contributed by atoms with Crippen LogP contribution < -0.4 is 16.8 Å². The lowest BCUT2D eigenvalue weighted by Gasteiger charge is -2.27. The van der Waals surface area contributed by atoms with Gasteiger partial charge in [0.2, 0.25) is 5.91 Å². The molecule has 1 aliphatic carbocycles. The maximum absolute atomic E-state index is 10.9. The summed E-state index contributed by atoms with van der Waals surface area (Å²) in [5.74, 6) is -0.0204. The van der Waals surface area contributed by atoms with Crippen LogP contribution >= 0.6 is 0 Å². The van der Waals surface area contributed by atoms with E-state index in [1.54, 1.807) is 0 Å². The van der Waals surface area contributed by atoms with E-state index < -0.39 is 0 Å². The molecule has 0 unspecified atom stereocenters. The van der Waals surface area contributed by atoms with E-state index in [9.17, 15) is 4.79 Å². The lowest BCUT2D eigenvalue weighted by molar-refractivity contribution is -0.122. The van der Waals surface area contributed by atoms with Crippen molar-refractivity contribution in [2.75, 3.05) is 13.1 Å². The molecule has 0 bridgehead atoms. The van der Waals surface area contributed by atoms with Gasteiger partial charge in [0.05, 0.1) is 0 Å². The molecule has 0 saturated heterocycles. The van der Waals surface area contributed by atoms with E-state index in [-0.39, 0.29) is 11.8 Å². The van der Waals surface area contributed by atoms with E-state index in [0.717, 1.165) is 45.2 Å². The third-order valence-corrected chi connectivity index (χ3v) is 2.94. The molecule has 5 N–H and O–H groups in total. The number of carbonyl (C=O) groups excluding carboxylic acids is 1. The van der Waals surface area contributed by atoms with E-state index in [1.165, 1.54) is 0 Å². The Hall–Kier alpha value is -0.610. The van der Waals surface area contributed by atoms with Gasteiger partial charge in [-0.3, -0.25) is 4.79 Å². The number of carbonyl (C=O) groups is 1. The number of primary amides is 1. The predicted octanol–water partition coefficient (Wildman–Crippen LogP) is -0.0311. The van der Waals surface area contributed by atoms with Gasteiger partial charge in [-0.15, -0.1) is 0 Å². The van der Waals surface area contributed by atoms with Gasteiger partial charge in [0.25, 0.3) is 0 Å². The molecule has 1 fully saturated rings. The summed E-state index contributed by atoms with van der Waals surface area (Å²) >= 11 is 0. The summed E-state index contributed by atoms with van der Waals surface area (Å²) in [5, 5.41) is 3.45. The largest absolute Gasteiger partial charge is 0.369 e. The first-order valence-corrected chi connectivity index (χ1v) is 5.46. The molecule has 0 aromatic heterocycles. The summed E-state index contributed by atoms with van der Waals surface area (Å²) in [4.78, 5) is 10.9. The Balaban J connectivity index is 2.12. The van der Waals surface area contributed by atoms with Gasteiger partial charge in [0, 0.05) is 12.0 Å².